The highest BCUT2D eigenvalue weighted by molar-refractivity contribution is 5.93. The number of hydrogen-bond acceptors (Lipinski definition) is 3. The van der Waals surface area contributed by atoms with Gasteiger partial charge < -0.3 is 5.32 Å². The first-order valence-electron chi connectivity index (χ1n) is 2.70. The molecule has 0 aliphatic rings. The number of hydrogen-bond donors (Lipinski definition) is 2. The molecule has 0 radical (unpaired) electrons. The van der Waals surface area contributed by atoms with Gasteiger partial charge in [0.25, 0.3) is 0 Å². The Bertz CT molecular complexity index is 145. The van der Waals surface area contributed by atoms with Gasteiger partial charge in [-0.1, -0.05) is 6.58 Å². The van der Waals surface area contributed by atoms with E-state index in [1.807, 2.05) is 5.32 Å². The zero-order chi connectivity index (χ0) is 9.11. The lowest BCUT2D eigenvalue weighted by atomic mass is 10.6. The first-order chi connectivity index (χ1) is 5.22. The van der Waals surface area contributed by atoms with Gasteiger partial charge in [-0.05, 0) is 6.08 Å². The molecule has 0 aromatic carbocycles. The van der Waals surface area contributed by atoms with Crippen LogP contribution in [-0.2, 0) is 14.4 Å². The van der Waals surface area contributed by atoms with E-state index in [0.717, 1.165) is 6.08 Å². The van der Waals surface area contributed by atoms with Gasteiger partial charge in [0, 0.05) is 7.05 Å². The van der Waals surface area contributed by atoms with E-state index in [4.69, 9.17) is 4.79 Å². The lowest BCUT2D eigenvalue weighted by molar-refractivity contribution is -0.121. The van der Waals surface area contributed by atoms with E-state index in [2.05, 4.69) is 11.9 Å². The number of carbonyl (C=O) groups is 3. The predicted molar refractivity (Wildman–Crippen MR) is 39.5 cm³/mol. The number of carbonyl (C=O) groups excluding carboxylic acids is 3. The Kier molecular flexibility index (Phi) is 12.3. The van der Waals surface area contributed by atoms with Gasteiger partial charge in [0.2, 0.25) is 18.7 Å². The topological polar surface area (TPSA) is 75.3 Å². The van der Waals surface area contributed by atoms with Gasteiger partial charge in [-0.15, -0.1) is 0 Å². The first-order valence-corrected chi connectivity index (χ1v) is 2.70. The number of imide groups is 1. The second-order valence-corrected chi connectivity index (χ2v) is 1.24. The minimum atomic E-state index is -0.477. The van der Waals surface area contributed by atoms with Crippen LogP contribution in [-0.4, -0.2) is 25.8 Å². The summed E-state index contributed by atoms with van der Waals surface area (Å²) in [6.45, 7) is 3.11. The standard InChI is InChI=1S/C4H5NO2.C2H5NO/c1-2-4(7)5-3-6;1-3-2-4/h2-3H,1H2,(H,5,6,7);2H,1H3,(H,3,4). The van der Waals surface area contributed by atoms with Gasteiger partial charge in [0.15, 0.2) is 0 Å². The molecule has 0 atom stereocenters. The zero-order valence-electron chi connectivity index (χ0n) is 6.16. The SMILES string of the molecule is C=CC(=O)NC=O.CNC=O. The third-order valence-corrected chi connectivity index (χ3v) is 0.504. The Morgan fingerprint density at radius 1 is 1.36 bits per heavy atom. The van der Waals surface area contributed by atoms with Crippen LogP contribution in [0.3, 0.4) is 0 Å². The minimum absolute atomic E-state index is 0.310. The summed E-state index contributed by atoms with van der Waals surface area (Å²) in [5.41, 5.74) is 0. The van der Waals surface area contributed by atoms with Crippen molar-refractivity contribution in [3.05, 3.63) is 12.7 Å². The lowest BCUT2D eigenvalue weighted by Gasteiger charge is -1.81. The molecule has 62 valence electrons. The van der Waals surface area contributed by atoms with Gasteiger partial charge in [0.1, 0.15) is 0 Å². The fraction of sp³-hybridized carbons (Fsp3) is 0.167. The number of nitrogens with one attached hydrogen (secondary N) is 2. The molecule has 0 fully saturated rings. The number of rotatable bonds is 3. The summed E-state index contributed by atoms with van der Waals surface area (Å²) in [7, 11) is 1.56. The van der Waals surface area contributed by atoms with Crippen molar-refractivity contribution in [3.63, 3.8) is 0 Å². The van der Waals surface area contributed by atoms with Crippen molar-refractivity contribution in [1.82, 2.24) is 10.6 Å². The minimum Gasteiger partial charge on any atom is -0.362 e. The Balaban J connectivity index is 0. The smallest absolute Gasteiger partial charge is 0.249 e. The van der Waals surface area contributed by atoms with Crippen LogP contribution in [0.5, 0.6) is 0 Å². The monoisotopic (exact) mass is 158 g/mol. The van der Waals surface area contributed by atoms with E-state index < -0.39 is 5.91 Å². The lowest BCUT2D eigenvalue weighted by Crippen LogP contribution is -2.17. The van der Waals surface area contributed by atoms with Crippen LogP contribution in [0.25, 0.3) is 0 Å². The van der Waals surface area contributed by atoms with Gasteiger partial charge in [-0.25, -0.2) is 0 Å². The van der Waals surface area contributed by atoms with Crippen LogP contribution in [0.2, 0.25) is 0 Å². The van der Waals surface area contributed by atoms with E-state index in [0.29, 0.717) is 12.8 Å². The van der Waals surface area contributed by atoms with Gasteiger partial charge >= 0.3 is 0 Å². The second kappa shape index (κ2) is 11.2. The molecule has 5 nitrogen and oxygen atoms in total. The molecule has 0 aliphatic heterocycles. The average molecular weight is 158 g/mol. The molecule has 0 spiro atoms. The third kappa shape index (κ3) is 17.8. The summed E-state index contributed by atoms with van der Waals surface area (Å²) >= 11 is 0. The maximum absolute atomic E-state index is 9.95. The van der Waals surface area contributed by atoms with Crippen molar-refractivity contribution in [3.8, 4) is 0 Å². The summed E-state index contributed by atoms with van der Waals surface area (Å²) in [6, 6.07) is 0. The normalized spacial score (nSPS) is 6.27. The third-order valence-electron chi connectivity index (χ3n) is 0.504. The molecule has 0 heterocycles. The zero-order valence-corrected chi connectivity index (χ0v) is 6.16. The molecule has 3 amide bonds. The second-order valence-electron chi connectivity index (χ2n) is 1.24. The van der Waals surface area contributed by atoms with Crippen LogP contribution in [0.1, 0.15) is 0 Å². The van der Waals surface area contributed by atoms with Crippen molar-refractivity contribution in [2.75, 3.05) is 7.05 Å². The first kappa shape index (κ1) is 12.1. The quantitative estimate of drug-likeness (QED) is 0.400. The molecule has 0 bridgehead atoms. The number of amides is 3. The van der Waals surface area contributed by atoms with Crippen LogP contribution in [0.15, 0.2) is 12.7 Å². The molecular weight excluding hydrogens is 148 g/mol. The molecule has 0 aliphatic carbocycles. The predicted octanol–water partition coefficient (Wildman–Crippen LogP) is -1.19. The van der Waals surface area contributed by atoms with Crippen LogP contribution >= 0.6 is 0 Å². The van der Waals surface area contributed by atoms with Crippen molar-refractivity contribution in [2.45, 2.75) is 0 Å². The largest absolute Gasteiger partial charge is 0.362 e. The van der Waals surface area contributed by atoms with Crippen molar-refractivity contribution >= 4 is 18.7 Å². The summed E-state index contributed by atoms with van der Waals surface area (Å²) < 4.78 is 0. The molecule has 5 heteroatoms. The highest BCUT2D eigenvalue weighted by Gasteiger charge is 1.84. The van der Waals surface area contributed by atoms with Crippen molar-refractivity contribution < 1.29 is 14.4 Å². The molecule has 0 aromatic rings. The molecule has 2 N–H and O–H groups in total. The van der Waals surface area contributed by atoms with E-state index in [-0.39, 0.29) is 0 Å². The van der Waals surface area contributed by atoms with E-state index >= 15 is 0 Å². The fourth-order valence-corrected chi connectivity index (χ4v) is 0.117. The van der Waals surface area contributed by atoms with E-state index in [1.54, 1.807) is 7.05 Å². The van der Waals surface area contributed by atoms with Crippen LogP contribution in [0, 0.1) is 0 Å². The molecular formula is C6H10N2O3. The van der Waals surface area contributed by atoms with E-state index in [9.17, 15) is 9.59 Å². The van der Waals surface area contributed by atoms with E-state index in [1.165, 1.54) is 0 Å². The fourth-order valence-electron chi connectivity index (χ4n) is 0.117. The Morgan fingerprint density at radius 3 is 1.91 bits per heavy atom. The highest BCUT2D eigenvalue weighted by Crippen LogP contribution is 1.57. The molecule has 0 rings (SSSR count). The summed E-state index contributed by atoms with van der Waals surface area (Å²) in [5, 5.41) is 4.11. The molecule has 0 unspecified atom stereocenters. The van der Waals surface area contributed by atoms with Crippen molar-refractivity contribution in [2.24, 2.45) is 0 Å². The Morgan fingerprint density at radius 2 is 1.82 bits per heavy atom. The van der Waals surface area contributed by atoms with Gasteiger partial charge in [0.05, 0.1) is 0 Å². The van der Waals surface area contributed by atoms with Crippen molar-refractivity contribution in [1.29, 1.82) is 0 Å². The Labute approximate surface area is 64.5 Å². The Hall–Kier alpha value is -1.65. The molecule has 0 saturated carbocycles. The maximum atomic E-state index is 9.95. The summed E-state index contributed by atoms with van der Waals surface area (Å²) in [4.78, 5) is 28.4. The maximum Gasteiger partial charge on any atom is 0.249 e. The summed E-state index contributed by atoms with van der Waals surface area (Å²) in [6.07, 6.45) is 1.96. The van der Waals surface area contributed by atoms with Crippen LogP contribution in [0.4, 0.5) is 0 Å². The summed E-state index contributed by atoms with van der Waals surface area (Å²) in [5.74, 6) is -0.477. The van der Waals surface area contributed by atoms with Gasteiger partial charge in [-0.3, -0.25) is 19.7 Å². The van der Waals surface area contributed by atoms with Gasteiger partial charge in [-0.2, -0.15) is 0 Å². The average Bonchev–Trinajstić information content (AvgIpc) is 2.05. The van der Waals surface area contributed by atoms with Crippen LogP contribution < -0.4 is 10.6 Å². The molecule has 0 saturated heterocycles. The molecule has 0 aromatic heterocycles. The molecule has 11 heavy (non-hydrogen) atoms. The highest BCUT2D eigenvalue weighted by atomic mass is 16.2.